The van der Waals surface area contributed by atoms with Crippen molar-refractivity contribution in [2.24, 2.45) is 5.73 Å². The molecule has 0 heterocycles. The molecule has 0 bridgehead atoms. The zero-order valence-corrected chi connectivity index (χ0v) is 20.4. The summed E-state index contributed by atoms with van der Waals surface area (Å²) in [6.07, 6.45) is 1.48. The second-order valence-electron chi connectivity index (χ2n) is 7.26. The van der Waals surface area contributed by atoms with E-state index in [2.05, 4.69) is 5.32 Å². The van der Waals surface area contributed by atoms with E-state index in [0.717, 1.165) is 0 Å². The van der Waals surface area contributed by atoms with Gasteiger partial charge in [0.05, 0.1) is 71.6 Å². The second kappa shape index (κ2) is 21.4. The van der Waals surface area contributed by atoms with Gasteiger partial charge in [-0.15, -0.1) is 0 Å². The maximum Gasteiger partial charge on any atom is 0.220 e. The fraction of sp³-hybridized carbons (Fsp3) is 0.583. The van der Waals surface area contributed by atoms with Crippen LogP contribution in [0.3, 0.4) is 0 Å². The number of rotatable bonds is 24. The first-order valence-corrected chi connectivity index (χ1v) is 11.7. The van der Waals surface area contributed by atoms with E-state index >= 15 is 0 Å². The molecule has 0 saturated carbocycles. The minimum Gasteiger partial charge on any atom is -0.490 e. The van der Waals surface area contributed by atoms with Crippen LogP contribution in [0.1, 0.15) is 33.6 Å². The lowest BCUT2D eigenvalue weighted by molar-refractivity contribution is -0.125. The smallest absolute Gasteiger partial charge is 0.220 e. The van der Waals surface area contributed by atoms with Gasteiger partial charge in [0.25, 0.3) is 0 Å². The molecule has 0 aliphatic carbocycles. The molecule has 0 spiro atoms. The molecule has 36 heavy (non-hydrogen) atoms. The number of amides is 2. The number of carbonyl (C=O) groups excluding carboxylic acids is 4. The lowest BCUT2D eigenvalue weighted by Crippen LogP contribution is -2.28. The van der Waals surface area contributed by atoms with E-state index in [9.17, 15) is 19.2 Å². The topological polar surface area (TPSA) is 162 Å². The average molecular weight is 513 g/mol. The first-order chi connectivity index (χ1) is 17.6. The minimum absolute atomic E-state index is 0.0340. The molecule has 1 aromatic rings. The maximum absolute atomic E-state index is 11.3. The Balaban J connectivity index is 1.81. The summed E-state index contributed by atoms with van der Waals surface area (Å²) in [5, 5.41) is 2.63. The SMILES string of the molecule is NC(=O)CCC(=O)NCCOCCOCCOCCOCCOCCOc1cc(C=O)ccc1C=O. The molecule has 0 aliphatic rings. The van der Waals surface area contributed by atoms with Crippen LogP contribution in [0.15, 0.2) is 18.2 Å². The van der Waals surface area contributed by atoms with Crippen molar-refractivity contribution in [1.29, 1.82) is 0 Å². The Labute approximate surface area is 210 Å². The van der Waals surface area contributed by atoms with Gasteiger partial charge in [0.15, 0.2) is 6.29 Å². The number of nitrogens with two attached hydrogens (primary N) is 1. The van der Waals surface area contributed by atoms with Gasteiger partial charge in [-0.2, -0.15) is 0 Å². The van der Waals surface area contributed by atoms with Crippen LogP contribution in [0.25, 0.3) is 0 Å². The van der Waals surface area contributed by atoms with E-state index in [1.807, 2.05) is 0 Å². The highest BCUT2D eigenvalue weighted by molar-refractivity contribution is 5.83. The fourth-order valence-electron chi connectivity index (χ4n) is 2.63. The summed E-state index contributed by atoms with van der Waals surface area (Å²) in [5.74, 6) is -0.388. The van der Waals surface area contributed by atoms with Crippen molar-refractivity contribution >= 4 is 24.4 Å². The largest absolute Gasteiger partial charge is 0.490 e. The van der Waals surface area contributed by atoms with Crippen LogP contribution in [-0.2, 0) is 33.3 Å². The molecule has 0 unspecified atom stereocenters. The molecular formula is C24H36N2O10. The second-order valence-corrected chi connectivity index (χ2v) is 7.26. The molecule has 0 saturated heterocycles. The van der Waals surface area contributed by atoms with Crippen molar-refractivity contribution in [1.82, 2.24) is 5.32 Å². The van der Waals surface area contributed by atoms with Gasteiger partial charge in [-0.05, 0) is 12.1 Å². The summed E-state index contributed by atoms with van der Waals surface area (Å²) in [6.45, 7) is 4.59. The van der Waals surface area contributed by atoms with E-state index in [1.165, 1.54) is 12.1 Å². The number of hydrogen-bond donors (Lipinski definition) is 2. The van der Waals surface area contributed by atoms with Gasteiger partial charge in [0.1, 0.15) is 18.6 Å². The zero-order valence-electron chi connectivity index (χ0n) is 20.4. The Hall–Kier alpha value is -2.90. The third-order valence-electron chi connectivity index (χ3n) is 4.44. The summed E-state index contributed by atoms with van der Waals surface area (Å²) in [5.41, 5.74) is 5.78. The molecule has 0 radical (unpaired) electrons. The third-order valence-corrected chi connectivity index (χ3v) is 4.44. The Morgan fingerprint density at radius 2 is 1.25 bits per heavy atom. The Kier molecular flexibility index (Phi) is 18.5. The Morgan fingerprint density at radius 1 is 0.722 bits per heavy atom. The highest BCUT2D eigenvalue weighted by atomic mass is 16.6. The van der Waals surface area contributed by atoms with Gasteiger partial charge in [0.2, 0.25) is 11.8 Å². The number of hydrogen-bond acceptors (Lipinski definition) is 10. The normalized spacial score (nSPS) is 10.7. The Morgan fingerprint density at radius 3 is 1.75 bits per heavy atom. The fourth-order valence-corrected chi connectivity index (χ4v) is 2.63. The van der Waals surface area contributed by atoms with E-state index in [0.29, 0.717) is 102 Å². The molecule has 0 atom stereocenters. The predicted octanol–water partition coefficient (Wildman–Crippen LogP) is 0.155. The van der Waals surface area contributed by atoms with Crippen LogP contribution in [0, 0.1) is 0 Å². The first-order valence-electron chi connectivity index (χ1n) is 11.7. The summed E-state index contributed by atoms with van der Waals surface area (Å²) in [7, 11) is 0. The van der Waals surface area contributed by atoms with E-state index in [1.54, 1.807) is 6.07 Å². The summed E-state index contributed by atoms with van der Waals surface area (Å²) < 4.78 is 32.4. The van der Waals surface area contributed by atoms with Crippen LogP contribution in [0.2, 0.25) is 0 Å². The molecule has 0 fully saturated rings. The number of nitrogens with one attached hydrogen (secondary N) is 1. The molecule has 0 aromatic heterocycles. The Bertz CT molecular complexity index is 775. The predicted molar refractivity (Wildman–Crippen MR) is 128 cm³/mol. The first kappa shape index (κ1) is 31.1. The molecule has 1 aromatic carbocycles. The van der Waals surface area contributed by atoms with Gasteiger partial charge >= 0.3 is 0 Å². The number of ether oxygens (including phenoxy) is 6. The van der Waals surface area contributed by atoms with Gasteiger partial charge in [-0.3, -0.25) is 19.2 Å². The van der Waals surface area contributed by atoms with E-state index < -0.39 is 5.91 Å². The van der Waals surface area contributed by atoms with Gasteiger partial charge in [-0.1, -0.05) is 6.07 Å². The van der Waals surface area contributed by atoms with Crippen LogP contribution in [-0.4, -0.2) is 104 Å². The molecule has 3 N–H and O–H groups in total. The van der Waals surface area contributed by atoms with Crippen LogP contribution in [0.4, 0.5) is 0 Å². The van der Waals surface area contributed by atoms with Crippen molar-refractivity contribution in [2.45, 2.75) is 12.8 Å². The standard InChI is InChI=1S/C24H36N2O10/c25-23(29)3-4-24(30)26-5-6-31-7-8-32-9-10-33-11-12-34-13-14-35-15-16-36-22-17-20(18-27)1-2-21(22)19-28/h1-2,17-19H,3-16H2,(H2,25,29)(H,26,30). The molecule has 12 heteroatoms. The van der Waals surface area contributed by atoms with Gasteiger partial charge in [-0.25, -0.2) is 0 Å². The van der Waals surface area contributed by atoms with E-state index in [-0.39, 0.29) is 25.4 Å². The van der Waals surface area contributed by atoms with Crippen LogP contribution >= 0.6 is 0 Å². The number of aldehydes is 2. The average Bonchev–Trinajstić information content (AvgIpc) is 2.88. The highest BCUT2D eigenvalue weighted by Crippen LogP contribution is 2.18. The van der Waals surface area contributed by atoms with Crippen LogP contribution in [0.5, 0.6) is 5.75 Å². The summed E-state index contributed by atoms with van der Waals surface area (Å²) >= 11 is 0. The van der Waals surface area contributed by atoms with Gasteiger partial charge in [0, 0.05) is 24.9 Å². The number of benzene rings is 1. The molecule has 0 aliphatic heterocycles. The van der Waals surface area contributed by atoms with Crippen molar-refractivity contribution in [3.8, 4) is 5.75 Å². The summed E-state index contributed by atoms with van der Waals surface area (Å²) in [4.78, 5) is 43.8. The van der Waals surface area contributed by atoms with Crippen molar-refractivity contribution in [2.75, 3.05) is 79.2 Å². The summed E-state index contributed by atoms with van der Waals surface area (Å²) in [6, 6.07) is 4.60. The zero-order chi connectivity index (χ0) is 26.3. The van der Waals surface area contributed by atoms with Crippen molar-refractivity contribution in [3.63, 3.8) is 0 Å². The van der Waals surface area contributed by atoms with Crippen LogP contribution < -0.4 is 15.8 Å². The van der Waals surface area contributed by atoms with Gasteiger partial charge < -0.3 is 39.5 Å². The third kappa shape index (κ3) is 16.7. The molecule has 2 amide bonds. The van der Waals surface area contributed by atoms with Crippen molar-refractivity contribution in [3.05, 3.63) is 29.3 Å². The number of carbonyl (C=O) groups is 4. The number of primary amides is 1. The monoisotopic (exact) mass is 512 g/mol. The maximum atomic E-state index is 11.3. The highest BCUT2D eigenvalue weighted by Gasteiger charge is 2.05. The molecule has 1 rings (SSSR count). The molecular weight excluding hydrogens is 476 g/mol. The van der Waals surface area contributed by atoms with E-state index in [4.69, 9.17) is 34.2 Å². The lowest BCUT2D eigenvalue weighted by atomic mass is 10.1. The lowest BCUT2D eigenvalue weighted by Gasteiger charge is -2.10. The van der Waals surface area contributed by atoms with Crippen molar-refractivity contribution < 1.29 is 47.6 Å². The minimum atomic E-state index is -0.504. The molecule has 12 nitrogen and oxygen atoms in total. The quantitative estimate of drug-likeness (QED) is 0.144. The molecule has 202 valence electrons.